The lowest BCUT2D eigenvalue weighted by atomic mass is 10.1. The molecular formula is C16H17NO4. The van der Waals surface area contributed by atoms with Gasteiger partial charge in [-0.1, -0.05) is 12.1 Å². The van der Waals surface area contributed by atoms with E-state index in [9.17, 15) is 9.59 Å². The first-order valence-corrected chi connectivity index (χ1v) is 7.04. The highest BCUT2D eigenvalue weighted by molar-refractivity contribution is 5.79. The minimum atomic E-state index is -0.479. The molecule has 1 aromatic heterocycles. The maximum absolute atomic E-state index is 12.0. The molecule has 1 saturated heterocycles. The third-order valence-electron chi connectivity index (χ3n) is 3.64. The van der Waals surface area contributed by atoms with Crippen LogP contribution in [0.4, 0.5) is 0 Å². The Labute approximate surface area is 121 Å². The number of fused-ring (bicyclic) bond motifs is 1. The van der Waals surface area contributed by atoms with Crippen LogP contribution >= 0.6 is 0 Å². The Morgan fingerprint density at radius 3 is 3.05 bits per heavy atom. The van der Waals surface area contributed by atoms with Crippen molar-refractivity contribution in [2.45, 2.75) is 32.5 Å². The molecule has 1 aliphatic heterocycles. The van der Waals surface area contributed by atoms with E-state index in [0.29, 0.717) is 18.6 Å². The summed E-state index contributed by atoms with van der Waals surface area (Å²) in [4.78, 5) is 26.6. The van der Waals surface area contributed by atoms with Crippen LogP contribution in [0.25, 0.3) is 10.9 Å². The Kier molecular flexibility index (Phi) is 3.75. The molecule has 1 N–H and O–H groups in total. The average molecular weight is 287 g/mol. The van der Waals surface area contributed by atoms with Crippen LogP contribution in [0, 0.1) is 6.92 Å². The van der Waals surface area contributed by atoms with Gasteiger partial charge in [-0.25, -0.2) is 4.79 Å². The van der Waals surface area contributed by atoms with Gasteiger partial charge >= 0.3 is 5.97 Å². The summed E-state index contributed by atoms with van der Waals surface area (Å²) in [5, 5.41) is 0.920. The van der Waals surface area contributed by atoms with Crippen LogP contribution in [0.2, 0.25) is 0 Å². The Morgan fingerprint density at radius 1 is 1.43 bits per heavy atom. The van der Waals surface area contributed by atoms with Crippen molar-refractivity contribution in [3.8, 4) is 0 Å². The van der Waals surface area contributed by atoms with Crippen LogP contribution in [0.5, 0.6) is 0 Å². The highest BCUT2D eigenvalue weighted by atomic mass is 16.6. The van der Waals surface area contributed by atoms with E-state index in [2.05, 4.69) is 4.98 Å². The predicted octanol–water partition coefficient (Wildman–Crippen LogP) is 2.06. The summed E-state index contributed by atoms with van der Waals surface area (Å²) in [5.41, 5.74) is 2.08. The fourth-order valence-electron chi connectivity index (χ4n) is 2.47. The Hall–Kier alpha value is -2.14. The Bertz CT molecular complexity index is 729. The number of benzene rings is 1. The third-order valence-corrected chi connectivity index (χ3v) is 3.64. The molecule has 0 spiro atoms. The number of hydrogen-bond donors (Lipinski definition) is 1. The quantitative estimate of drug-likeness (QED) is 0.877. The fourth-order valence-corrected chi connectivity index (χ4v) is 2.47. The highest BCUT2D eigenvalue weighted by Gasteiger charge is 2.25. The standard InChI is InChI=1S/C16H17NO4/c1-10-4-5-11-8-12(15(18)17-13(11)7-10)9-21-16(19)14-3-2-6-20-14/h4-5,7-8,14H,2-3,6,9H2,1H3,(H,17,18)/t14-/m0/s1. The zero-order chi connectivity index (χ0) is 14.8. The zero-order valence-electron chi connectivity index (χ0n) is 11.8. The minimum absolute atomic E-state index is 0.0299. The van der Waals surface area contributed by atoms with Gasteiger partial charge in [0.05, 0.1) is 5.56 Å². The molecule has 1 atom stereocenters. The van der Waals surface area contributed by atoms with Crippen LogP contribution in [0.1, 0.15) is 24.0 Å². The Morgan fingerprint density at radius 2 is 2.29 bits per heavy atom. The van der Waals surface area contributed by atoms with Gasteiger partial charge in [-0.2, -0.15) is 0 Å². The minimum Gasteiger partial charge on any atom is -0.459 e. The molecule has 2 aromatic rings. The van der Waals surface area contributed by atoms with Crippen LogP contribution in [0.15, 0.2) is 29.1 Å². The van der Waals surface area contributed by atoms with Crippen molar-refractivity contribution < 1.29 is 14.3 Å². The first kappa shape index (κ1) is 13.8. The molecule has 1 fully saturated rings. The van der Waals surface area contributed by atoms with Crippen LogP contribution in [-0.4, -0.2) is 23.7 Å². The second-order valence-electron chi connectivity index (χ2n) is 5.32. The van der Waals surface area contributed by atoms with Gasteiger partial charge in [0.25, 0.3) is 5.56 Å². The maximum Gasteiger partial charge on any atom is 0.335 e. The second kappa shape index (κ2) is 5.69. The van der Waals surface area contributed by atoms with Crippen molar-refractivity contribution in [2.75, 3.05) is 6.61 Å². The van der Waals surface area contributed by atoms with Crippen molar-refractivity contribution in [3.05, 3.63) is 45.7 Å². The van der Waals surface area contributed by atoms with E-state index >= 15 is 0 Å². The van der Waals surface area contributed by atoms with Crippen molar-refractivity contribution in [1.82, 2.24) is 4.98 Å². The molecule has 3 rings (SSSR count). The number of carbonyl (C=O) groups excluding carboxylic acids is 1. The first-order valence-electron chi connectivity index (χ1n) is 7.04. The zero-order valence-corrected chi connectivity index (χ0v) is 11.8. The van der Waals surface area contributed by atoms with E-state index in [-0.39, 0.29) is 12.2 Å². The van der Waals surface area contributed by atoms with Gasteiger partial charge in [0.15, 0.2) is 6.10 Å². The largest absolute Gasteiger partial charge is 0.459 e. The van der Waals surface area contributed by atoms with Crippen molar-refractivity contribution in [3.63, 3.8) is 0 Å². The number of pyridine rings is 1. The van der Waals surface area contributed by atoms with Crippen molar-refractivity contribution >= 4 is 16.9 Å². The summed E-state index contributed by atoms with van der Waals surface area (Å²) in [7, 11) is 0. The van der Waals surface area contributed by atoms with Crippen LogP contribution in [-0.2, 0) is 20.9 Å². The lowest BCUT2D eigenvalue weighted by Gasteiger charge is -2.10. The van der Waals surface area contributed by atoms with Gasteiger partial charge in [-0.15, -0.1) is 0 Å². The van der Waals surface area contributed by atoms with Gasteiger partial charge in [-0.3, -0.25) is 4.79 Å². The second-order valence-corrected chi connectivity index (χ2v) is 5.32. The van der Waals surface area contributed by atoms with E-state index in [4.69, 9.17) is 9.47 Å². The first-order chi connectivity index (χ1) is 10.1. The molecule has 0 saturated carbocycles. The number of hydrogen-bond acceptors (Lipinski definition) is 4. The van der Waals surface area contributed by atoms with E-state index in [1.807, 2.05) is 25.1 Å². The van der Waals surface area contributed by atoms with E-state index in [1.54, 1.807) is 6.07 Å². The summed E-state index contributed by atoms with van der Waals surface area (Å²) in [5.74, 6) is -0.393. The molecule has 0 amide bonds. The molecule has 5 nitrogen and oxygen atoms in total. The van der Waals surface area contributed by atoms with Crippen molar-refractivity contribution in [2.24, 2.45) is 0 Å². The molecule has 1 aromatic carbocycles. The molecule has 21 heavy (non-hydrogen) atoms. The lowest BCUT2D eigenvalue weighted by molar-refractivity contribution is -0.155. The number of aromatic nitrogens is 1. The summed E-state index contributed by atoms with van der Waals surface area (Å²) in [6.45, 7) is 2.53. The van der Waals surface area contributed by atoms with E-state index < -0.39 is 12.1 Å². The molecule has 2 heterocycles. The van der Waals surface area contributed by atoms with Gasteiger partial charge in [0.1, 0.15) is 6.61 Å². The number of aryl methyl sites for hydroxylation is 1. The molecule has 0 bridgehead atoms. The van der Waals surface area contributed by atoms with Gasteiger partial charge in [0.2, 0.25) is 0 Å². The summed E-state index contributed by atoms with van der Waals surface area (Å²) in [6, 6.07) is 7.59. The molecule has 110 valence electrons. The number of ether oxygens (including phenoxy) is 2. The molecule has 0 aliphatic carbocycles. The normalized spacial score (nSPS) is 18.0. The van der Waals surface area contributed by atoms with E-state index in [1.165, 1.54) is 0 Å². The molecule has 1 aliphatic rings. The van der Waals surface area contributed by atoms with E-state index in [0.717, 1.165) is 22.9 Å². The molecule has 0 radical (unpaired) electrons. The van der Waals surface area contributed by atoms with Crippen LogP contribution in [0.3, 0.4) is 0 Å². The summed E-state index contributed by atoms with van der Waals surface area (Å²) >= 11 is 0. The smallest absolute Gasteiger partial charge is 0.335 e. The summed E-state index contributed by atoms with van der Waals surface area (Å²) < 4.78 is 10.4. The molecule has 5 heteroatoms. The topological polar surface area (TPSA) is 68.4 Å². The van der Waals surface area contributed by atoms with Crippen LogP contribution < -0.4 is 5.56 Å². The number of nitrogens with one attached hydrogen (secondary N) is 1. The SMILES string of the molecule is Cc1ccc2cc(COC(=O)[C@@H]3CCCO3)c(=O)[nH]c2c1. The molecular weight excluding hydrogens is 270 g/mol. The lowest BCUT2D eigenvalue weighted by Crippen LogP contribution is -2.23. The number of aromatic amines is 1. The van der Waals surface area contributed by atoms with Gasteiger partial charge < -0.3 is 14.5 Å². The van der Waals surface area contributed by atoms with Gasteiger partial charge in [-0.05, 0) is 42.8 Å². The van der Waals surface area contributed by atoms with Crippen molar-refractivity contribution in [1.29, 1.82) is 0 Å². The Balaban J connectivity index is 1.77. The highest BCUT2D eigenvalue weighted by Crippen LogP contribution is 2.16. The average Bonchev–Trinajstić information content (AvgIpc) is 2.99. The monoisotopic (exact) mass is 287 g/mol. The molecule has 0 unspecified atom stereocenters. The predicted molar refractivity (Wildman–Crippen MR) is 78.1 cm³/mol. The number of rotatable bonds is 3. The third kappa shape index (κ3) is 2.97. The summed E-state index contributed by atoms with van der Waals surface area (Å²) in [6.07, 6.45) is 1.08. The fraction of sp³-hybridized carbons (Fsp3) is 0.375. The van der Waals surface area contributed by atoms with Gasteiger partial charge in [0, 0.05) is 12.1 Å². The number of carbonyl (C=O) groups is 1. The number of esters is 1. The maximum atomic E-state index is 12.0. The number of H-pyrrole nitrogens is 1.